The van der Waals surface area contributed by atoms with Gasteiger partial charge in [0.15, 0.2) is 0 Å². The lowest BCUT2D eigenvalue weighted by Crippen LogP contribution is -2.43. The number of rotatable bonds is 6. The zero-order valence-corrected chi connectivity index (χ0v) is 13.3. The maximum absolute atomic E-state index is 11.6. The Morgan fingerprint density at radius 3 is 2.70 bits per heavy atom. The van der Waals surface area contributed by atoms with Gasteiger partial charge in [-0.2, -0.15) is 0 Å². The Morgan fingerprint density at radius 1 is 1.30 bits per heavy atom. The van der Waals surface area contributed by atoms with Crippen molar-refractivity contribution in [3.8, 4) is 0 Å². The molecule has 0 bridgehead atoms. The molecule has 2 heterocycles. The molecule has 0 unspecified atom stereocenters. The molecule has 6 heteroatoms. The SMILES string of the molecule is C=CCNC(=O)C(=O)NCC1CCN(Cc2cccnc2)CC1. The third kappa shape index (κ3) is 5.83. The van der Waals surface area contributed by atoms with Crippen LogP contribution in [0.1, 0.15) is 18.4 Å². The number of amides is 2. The van der Waals surface area contributed by atoms with Crippen LogP contribution in [0.4, 0.5) is 0 Å². The molecular formula is C17H24N4O2. The fraction of sp³-hybridized carbons (Fsp3) is 0.471. The second-order valence-corrected chi connectivity index (χ2v) is 5.79. The second kappa shape index (κ2) is 9.05. The predicted molar refractivity (Wildman–Crippen MR) is 88.5 cm³/mol. The largest absolute Gasteiger partial charge is 0.348 e. The number of hydrogen-bond acceptors (Lipinski definition) is 4. The Bertz CT molecular complexity index is 525. The lowest BCUT2D eigenvalue weighted by Gasteiger charge is -2.31. The first-order chi connectivity index (χ1) is 11.2. The zero-order chi connectivity index (χ0) is 16.5. The number of nitrogens with zero attached hydrogens (tertiary/aromatic N) is 2. The van der Waals surface area contributed by atoms with Crippen LogP contribution in [0.3, 0.4) is 0 Å². The summed E-state index contributed by atoms with van der Waals surface area (Å²) in [6.45, 7) is 7.26. The first-order valence-electron chi connectivity index (χ1n) is 7.97. The van der Waals surface area contributed by atoms with E-state index in [2.05, 4.69) is 33.2 Å². The van der Waals surface area contributed by atoms with Crippen molar-refractivity contribution in [2.75, 3.05) is 26.2 Å². The number of aromatic nitrogens is 1. The summed E-state index contributed by atoms with van der Waals surface area (Å²) in [5.74, 6) is -0.736. The minimum Gasteiger partial charge on any atom is -0.348 e. The molecule has 0 saturated carbocycles. The van der Waals surface area contributed by atoms with Crippen molar-refractivity contribution in [2.45, 2.75) is 19.4 Å². The summed E-state index contributed by atoms with van der Waals surface area (Å²) in [5.41, 5.74) is 1.22. The van der Waals surface area contributed by atoms with Crippen molar-refractivity contribution in [3.63, 3.8) is 0 Å². The van der Waals surface area contributed by atoms with Crippen molar-refractivity contribution >= 4 is 11.8 Å². The van der Waals surface area contributed by atoms with E-state index in [4.69, 9.17) is 0 Å². The summed E-state index contributed by atoms with van der Waals surface area (Å²) in [4.78, 5) is 29.6. The fourth-order valence-electron chi connectivity index (χ4n) is 2.66. The standard InChI is InChI=1S/C17H24N4O2/c1-2-7-19-16(22)17(23)20-12-14-5-9-21(10-6-14)13-15-4-3-8-18-11-15/h2-4,8,11,14H,1,5-7,9-10,12-13H2,(H,19,22)(H,20,23). The Labute approximate surface area is 137 Å². The molecule has 6 nitrogen and oxygen atoms in total. The van der Waals surface area contributed by atoms with Crippen molar-refractivity contribution < 1.29 is 9.59 Å². The molecule has 2 N–H and O–H groups in total. The summed E-state index contributed by atoms with van der Waals surface area (Å²) in [6, 6.07) is 4.04. The van der Waals surface area contributed by atoms with E-state index >= 15 is 0 Å². The third-order valence-electron chi connectivity index (χ3n) is 4.00. The van der Waals surface area contributed by atoms with E-state index in [-0.39, 0.29) is 0 Å². The van der Waals surface area contributed by atoms with E-state index in [0.717, 1.165) is 32.5 Å². The number of pyridine rings is 1. The van der Waals surface area contributed by atoms with Crippen LogP contribution in [0.15, 0.2) is 37.2 Å². The van der Waals surface area contributed by atoms with Crippen LogP contribution < -0.4 is 10.6 Å². The Morgan fingerprint density at radius 2 is 2.04 bits per heavy atom. The first-order valence-corrected chi connectivity index (χ1v) is 7.97. The van der Waals surface area contributed by atoms with Gasteiger partial charge in [-0.3, -0.25) is 19.5 Å². The van der Waals surface area contributed by atoms with Gasteiger partial charge in [0.2, 0.25) is 0 Å². The molecule has 2 amide bonds. The number of nitrogens with one attached hydrogen (secondary N) is 2. The lowest BCUT2D eigenvalue weighted by atomic mass is 9.96. The van der Waals surface area contributed by atoms with E-state index in [0.29, 0.717) is 19.0 Å². The Kier molecular flexibility index (Phi) is 6.75. The topological polar surface area (TPSA) is 74.3 Å². The summed E-state index contributed by atoms with van der Waals surface area (Å²) < 4.78 is 0. The summed E-state index contributed by atoms with van der Waals surface area (Å²) in [6.07, 6.45) is 7.27. The molecule has 1 saturated heterocycles. The van der Waals surface area contributed by atoms with Crippen LogP contribution in [0, 0.1) is 5.92 Å². The maximum Gasteiger partial charge on any atom is 0.309 e. The van der Waals surface area contributed by atoms with E-state index < -0.39 is 11.8 Å². The van der Waals surface area contributed by atoms with Gasteiger partial charge < -0.3 is 10.6 Å². The minimum absolute atomic E-state index is 0.305. The van der Waals surface area contributed by atoms with Crippen LogP contribution in [-0.2, 0) is 16.1 Å². The molecule has 0 aromatic carbocycles. The van der Waals surface area contributed by atoms with Gasteiger partial charge in [-0.25, -0.2) is 0 Å². The van der Waals surface area contributed by atoms with Gasteiger partial charge >= 0.3 is 11.8 Å². The Balaban J connectivity index is 1.65. The average molecular weight is 316 g/mol. The van der Waals surface area contributed by atoms with Gasteiger partial charge in [-0.05, 0) is 43.5 Å². The molecule has 0 spiro atoms. The monoisotopic (exact) mass is 316 g/mol. The molecule has 1 aromatic heterocycles. The highest BCUT2D eigenvalue weighted by atomic mass is 16.2. The van der Waals surface area contributed by atoms with Crippen LogP contribution in [0.25, 0.3) is 0 Å². The Hall–Kier alpha value is -2.21. The second-order valence-electron chi connectivity index (χ2n) is 5.79. The van der Waals surface area contributed by atoms with Gasteiger partial charge in [0.1, 0.15) is 0 Å². The van der Waals surface area contributed by atoms with E-state index in [1.54, 1.807) is 12.3 Å². The predicted octanol–water partition coefficient (Wildman–Crippen LogP) is 0.712. The molecule has 1 aliphatic rings. The van der Waals surface area contributed by atoms with Gasteiger partial charge in [0.25, 0.3) is 0 Å². The van der Waals surface area contributed by atoms with Gasteiger partial charge in [-0.1, -0.05) is 12.1 Å². The van der Waals surface area contributed by atoms with Crippen molar-refractivity contribution in [1.29, 1.82) is 0 Å². The molecule has 23 heavy (non-hydrogen) atoms. The smallest absolute Gasteiger partial charge is 0.309 e. The number of hydrogen-bond donors (Lipinski definition) is 2. The third-order valence-corrected chi connectivity index (χ3v) is 4.00. The maximum atomic E-state index is 11.6. The quantitative estimate of drug-likeness (QED) is 0.599. The fourth-order valence-corrected chi connectivity index (χ4v) is 2.66. The molecule has 1 fully saturated rings. The van der Waals surface area contributed by atoms with Crippen molar-refractivity contribution in [1.82, 2.24) is 20.5 Å². The highest BCUT2D eigenvalue weighted by Crippen LogP contribution is 2.18. The first kappa shape index (κ1) is 17.1. The summed E-state index contributed by atoms with van der Waals surface area (Å²) in [5, 5.41) is 5.18. The van der Waals surface area contributed by atoms with Crippen LogP contribution in [-0.4, -0.2) is 47.9 Å². The lowest BCUT2D eigenvalue weighted by molar-refractivity contribution is -0.139. The zero-order valence-electron chi connectivity index (χ0n) is 13.3. The highest BCUT2D eigenvalue weighted by Gasteiger charge is 2.21. The van der Waals surface area contributed by atoms with Crippen LogP contribution >= 0.6 is 0 Å². The highest BCUT2D eigenvalue weighted by molar-refractivity contribution is 6.35. The van der Waals surface area contributed by atoms with Crippen molar-refractivity contribution in [3.05, 3.63) is 42.7 Å². The summed E-state index contributed by atoms with van der Waals surface area (Å²) in [7, 11) is 0. The normalized spacial score (nSPS) is 15.8. The molecule has 0 radical (unpaired) electrons. The van der Waals surface area contributed by atoms with E-state index in [9.17, 15) is 9.59 Å². The molecule has 124 valence electrons. The number of carbonyl (C=O) groups excluding carboxylic acids is 2. The van der Waals surface area contributed by atoms with E-state index in [1.165, 1.54) is 5.56 Å². The molecule has 2 rings (SSSR count). The number of likely N-dealkylation sites (tertiary alicyclic amines) is 1. The van der Waals surface area contributed by atoms with Crippen LogP contribution in [0.5, 0.6) is 0 Å². The molecule has 0 aliphatic carbocycles. The van der Waals surface area contributed by atoms with Gasteiger partial charge in [0.05, 0.1) is 0 Å². The summed E-state index contributed by atoms with van der Waals surface area (Å²) >= 11 is 0. The van der Waals surface area contributed by atoms with E-state index in [1.807, 2.05) is 12.3 Å². The average Bonchev–Trinajstić information content (AvgIpc) is 2.59. The van der Waals surface area contributed by atoms with Gasteiger partial charge in [0, 0.05) is 32.0 Å². The van der Waals surface area contributed by atoms with Crippen LogP contribution in [0.2, 0.25) is 0 Å². The minimum atomic E-state index is -0.598. The number of carbonyl (C=O) groups is 2. The molecule has 1 aliphatic heterocycles. The molecule has 1 aromatic rings. The molecular weight excluding hydrogens is 292 g/mol. The number of piperidine rings is 1. The van der Waals surface area contributed by atoms with Crippen molar-refractivity contribution in [2.24, 2.45) is 5.92 Å². The molecule has 0 atom stereocenters. The van der Waals surface area contributed by atoms with Gasteiger partial charge in [-0.15, -0.1) is 6.58 Å².